The Kier molecular flexibility index (Phi) is 4.23. The van der Waals surface area contributed by atoms with Crippen molar-refractivity contribution in [2.24, 2.45) is 0 Å². The van der Waals surface area contributed by atoms with Crippen LogP contribution in [0.1, 0.15) is 0 Å². The molecule has 0 bridgehead atoms. The third-order valence-corrected chi connectivity index (χ3v) is 2.20. The number of hydrogen-bond acceptors (Lipinski definition) is 3. The van der Waals surface area contributed by atoms with Crippen LogP contribution in [0.4, 0.5) is 10.5 Å². The van der Waals surface area contributed by atoms with E-state index in [0.29, 0.717) is 22.2 Å². The quantitative estimate of drug-likeness (QED) is 0.687. The third kappa shape index (κ3) is 3.00. The summed E-state index contributed by atoms with van der Waals surface area (Å²) in [7, 11) is 2.98. The first kappa shape index (κ1) is 12.1. The standard InChI is InChI=1S/C9H9BrClNO3/c1-14-7-4-6(12-9(10)13)8(15-2)3-5(7)11/h3-4H,1-2H3,(H,12,13). The van der Waals surface area contributed by atoms with Crippen LogP contribution in [-0.2, 0) is 0 Å². The number of benzene rings is 1. The molecule has 1 aromatic carbocycles. The van der Waals surface area contributed by atoms with Crippen LogP contribution in [0.15, 0.2) is 12.1 Å². The van der Waals surface area contributed by atoms with Crippen molar-refractivity contribution in [3.63, 3.8) is 0 Å². The highest BCUT2D eigenvalue weighted by atomic mass is 79.9. The van der Waals surface area contributed by atoms with Crippen molar-refractivity contribution < 1.29 is 14.3 Å². The number of hydrogen-bond donors (Lipinski definition) is 1. The highest BCUT2D eigenvalue weighted by molar-refractivity contribution is 9.18. The van der Waals surface area contributed by atoms with E-state index in [-0.39, 0.29) is 4.82 Å². The van der Waals surface area contributed by atoms with Gasteiger partial charge in [0.25, 0.3) is 4.82 Å². The van der Waals surface area contributed by atoms with Gasteiger partial charge in [-0.25, -0.2) is 0 Å². The molecule has 6 heteroatoms. The fraction of sp³-hybridized carbons (Fsp3) is 0.222. The molecule has 0 fully saturated rings. The minimum absolute atomic E-state index is 0.370. The lowest BCUT2D eigenvalue weighted by Crippen LogP contribution is -2.03. The van der Waals surface area contributed by atoms with Gasteiger partial charge in [-0.15, -0.1) is 0 Å². The normalized spacial score (nSPS) is 9.60. The zero-order valence-electron chi connectivity index (χ0n) is 8.14. The summed E-state index contributed by atoms with van der Waals surface area (Å²) in [6.45, 7) is 0. The summed E-state index contributed by atoms with van der Waals surface area (Å²) in [5, 5.41) is 2.96. The number of amides is 1. The molecule has 0 aromatic heterocycles. The van der Waals surface area contributed by atoms with Crippen molar-refractivity contribution in [3.8, 4) is 11.5 Å². The minimum atomic E-state index is -0.370. The number of rotatable bonds is 3. The van der Waals surface area contributed by atoms with Crippen LogP contribution in [0.3, 0.4) is 0 Å². The Morgan fingerprint density at radius 3 is 2.40 bits per heavy atom. The molecule has 0 saturated heterocycles. The Hall–Kier alpha value is -0.940. The van der Waals surface area contributed by atoms with Crippen molar-refractivity contribution in [2.45, 2.75) is 0 Å². The smallest absolute Gasteiger partial charge is 0.291 e. The van der Waals surface area contributed by atoms with Gasteiger partial charge in [-0.3, -0.25) is 4.79 Å². The second-order valence-corrected chi connectivity index (χ2v) is 3.71. The molecule has 1 amide bonds. The van der Waals surface area contributed by atoms with Gasteiger partial charge in [0, 0.05) is 28.1 Å². The molecule has 0 atom stereocenters. The summed E-state index contributed by atoms with van der Waals surface area (Å²) >= 11 is 8.65. The second kappa shape index (κ2) is 5.23. The molecule has 4 nitrogen and oxygen atoms in total. The van der Waals surface area contributed by atoms with Crippen molar-refractivity contribution in [2.75, 3.05) is 19.5 Å². The number of carbonyl (C=O) groups excluding carboxylic acids is 1. The topological polar surface area (TPSA) is 47.6 Å². The van der Waals surface area contributed by atoms with Crippen molar-refractivity contribution in [1.82, 2.24) is 0 Å². The molecule has 1 rings (SSSR count). The monoisotopic (exact) mass is 293 g/mol. The number of halogens is 2. The Bertz CT molecular complexity index is 384. The van der Waals surface area contributed by atoms with E-state index >= 15 is 0 Å². The van der Waals surface area contributed by atoms with Gasteiger partial charge in [0.15, 0.2) is 0 Å². The summed E-state index contributed by atoms with van der Waals surface area (Å²) in [5.74, 6) is 0.933. The molecule has 0 radical (unpaired) electrons. The average Bonchev–Trinajstić information content (AvgIpc) is 2.19. The first-order valence-corrected chi connectivity index (χ1v) is 5.13. The molecule has 0 spiro atoms. The zero-order chi connectivity index (χ0) is 11.4. The predicted molar refractivity (Wildman–Crippen MR) is 62.5 cm³/mol. The van der Waals surface area contributed by atoms with Gasteiger partial charge in [-0.05, 0) is 0 Å². The second-order valence-electron chi connectivity index (χ2n) is 2.59. The summed E-state index contributed by atoms with van der Waals surface area (Å²) in [6.07, 6.45) is 0. The van der Waals surface area contributed by atoms with Crippen molar-refractivity contribution >= 4 is 38.0 Å². The van der Waals surface area contributed by atoms with Crippen LogP contribution in [0, 0.1) is 0 Å². The number of nitrogens with one attached hydrogen (secondary N) is 1. The third-order valence-electron chi connectivity index (χ3n) is 1.71. The maximum Gasteiger partial charge on any atom is 0.291 e. The lowest BCUT2D eigenvalue weighted by molar-refractivity contribution is 0.270. The first-order valence-electron chi connectivity index (χ1n) is 3.96. The zero-order valence-corrected chi connectivity index (χ0v) is 10.5. The van der Waals surface area contributed by atoms with Crippen molar-refractivity contribution in [3.05, 3.63) is 17.2 Å². The predicted octanol–water partition coefficient (Wildman–Crippen LogP) is 3.28. The largest absolute Gasteiger partial charge is 0.495 e. The van der Waals surface area contributed by atoms with Gasteiger partial charge in [-0.2, -0.15) is 0 Å². The van der Waals surface area contributed by atoms with E-state index < -0.39 is 0 Å². The molecule has 0 unspecified atom stereocenters. The van der Waals surface area contributed by atoms with Crippen LogP contribution >= 0.6 is 27.5 Å². The highest BCUT2D eigenvalue weighted by Crippen LogP contribution is 2.35. The molecule has 0 heterocycles. The molecular formula is C9H9BrClNO3. The summed E-state index contributed by atoms with van der Waals surface area (Å²) in [4.78, 5) is 10.5. The number of ether oxygens (including phenoxy) is 2. The van der Waals surface area contributed by atoms with E-state index in [1.165, 1.54) is 14.2 Å². The molecular weight excluding hydrogens is 285 g/mol. The number of anilines is 1. The molecule has 0 saturated carbocycles. The van der Waals surface area contributed by atoms with E-state index in [1.807, 2.05) is 0 Å². The van der Waals surface area contributed by atoms with Gasteiger partial charge in [0.1, 0.15) is 11.5 Å². The number of methoxy groups -OCH3 is 2. The molecule has 0 aliphatic rings. The average molecular weight is 295 g/mol. The Morgan fingerprint density at radius 1 is 1.33 bits per heavy atom. The molecule has 15 heavy (non-hydrogen) atoms. The maximum absolute atomic E-state index is 10.8. The highest BCUT2D eigenvalue weighted by Gasteiger charge is 2.10. The SMILES string of the molecule is COc1cc(NC(=O)Br)c(OC)cc1Cl. The summed E-state index contributed by atoms with van der Waals surface area (Å²) in [5.41, 5.74) is 0.487. The van der Waals surface area contributed by atoms with Gasteiger partial charge >= 0.3 is 0 Å². The van der Waals surface area contributed by atoms with E-state index in [9.17, 15) is 4.79 Å². The molecule has 0 aliphatic carbocycles. The van der Waals surface area contributed by atoms with E-state index in [1.54, 1.807) is 12.1 Å². The van der Waals surface area contributed by atoms with Crippen LogP contribution in [0.2, 0.25) is 5.02 Å². The van der Waals surface area contributed by atoms with Gasteiger partial charge in [0.05, 0.1) is 24.9 Å². The molecule has 0 aliphatic heterocycles. The van der Waals surface area contributed by atoms with Gasteiger partial charge < -0.3 is 14.8 Å². The Labute approximate surface area is 101 Å². The first-order chi connectivity index (χ1) is 7.08. The molecule has 1 aromatic rings. The van der Waals surface area contributed by atoms with Crippen LogP contribution in [0.25, 0.3) is 0 Å². The Balaban J connectivity index is 3.16. The van der Waals surface area contributed by atoms with Gasteiger partial charge in [0.2, 0.25) is 0 Å². The fourth-order valence-corrected chi connectivity index (χ4v) is 1.51. The van der Waals surface area contributed by atoms with E-state index in [2.05, 4.69) is 21.2 Å². The van der Waals surface area contributed by atoms with Crippen LogP contribution in [0.5, 0.6) is 11.5 Å². The Morgan fingerprint density at radius 2 is 1.93 bits per heavy atom. The van der Waals surface area contributed by atoms with E-state index in [4.69, 9.17) is 21.1 Å². The summed E-state index contributed by atoms with van der Waals surface area (Å²) in [6, 6.07) is 3.15. The number of carbonyl (C=O) groups is 1. The van der Waals surface area contributed by atoms with Crippen molar-refractivity contribution in [1.29, 1.82) is 0 Å². The fourth-order valence-electron chi connectivity index (χ4n) is 1.06. The maximum atomic E-state index is 10.8. The molecule has 82 valence electrons. The van der Waals surface area contributed by atoms with Gasteiger partial charge in [-0.1, -0.05) is 11.6 Å². The summed E-state index contributed by atoms with van der Waals surface area (Å²) < 4.78 is 10.1. The molecule has 1 N–H and O–H groups in total. The minimum Gasteiger partial charge on any atom is -0.495 e. The van der Waals surface area contributed by atoms with E-state index in [0.717, 1.165) is 0 Å². The lowest BCUT2D eigenvalue weighted by atomic mass is 10.2. The van der Waals surface area contributed by atoms with Crippen LogP contribution in [-0.4, -0.2) is 19.0 Å². The van der Waals surface area contributed by atoms with Crippen LogP contribution < -0.4 is 14.8 Å². The lowest BCUT2D eigenvalue weighted by Gasteiger charge is -2.11.